The Morgan fingerprint density at radius 2 is 1.92 bits per heavy atom. The normalized spacial score (nSPS) is 21.9. The van der Waals surface area contributed by atoms with Crippen molar-refractivity contribution >= 4 is 18.3 Å². The highest BCUT2D eigenvalue weighted by Crippen LogP contribution is 2.27. The predicted octanol–water partition coefficient (Wildman–Crippen LogP) is 3.07. The number of nitrogens with one attached hydrogen (secondary N) is 1. The Morgan fingerprint density at radius 1 is 1.29 bits per heavy atom. The van der Waals surface area contributed by atoms with E-state index in [1.807, 2.05) is 24.3 Å². The first-order chi connectivity index (χ1) is 10.8. The number of aliphatic hydroxyl groups is 1. The van der Waals surface area contributed by atoms with Gasteiger partial charge in [-0.2, -0.15) is 0 Å². The lowest BCUT2D eigenvalue weighted by atomic mass is 9.86. The zero-order valence-corrected chi connectivity index (χ0v) is 15.7. The third kappa shape index (κ3) is 5.76. The van der Waals surface area contributed by atoms with Crippen molar-refractivity contribution < 1.29 is 9.90 Å². The monoisotopic (exact) mass is 354 g/mol. The fourth-order valence-corrected chi connectivity index (χ4v) is 3.16. The van der Waals surface area contributed by atoms with Crippen molar-refractivity contribution in [3.63, 3.8) is 0 Å². The van der Waals surface area contributed by atoms with Crippen LogP contribution in [0.4, 0.5) is 0 Å². The Balaban J connectivity index is 0.00000288. The molecule has 0 aliphatic heterocycles. The number of hydrogen-bond acceptors (Lipinski definition) is 3. The molecule has 1 aromatic carbocycles. The second-order valence-electron chi connectivity index (χ2n) is 7.75. The minimum atomic E-state index is -0.676. The minimum absolute atomic E-state index is 0. The van der Waals surface area contributed by atoms with Crippen molar-refractivity contribution in [2.75, 3.05) is 6.54 Å². The van der Waals surface area contributed by atoms with E-state index in [4.69, 9.17) is 5.73 Å². The molecule has 1 unspecified atom stereocenters. The first kappa shape index (κ1) is 20.9. The summed E-state index contributed by atoms with van der Waals surface area (Å²) in [6.07, 6.45) is 2.95. The molecule has 1 aromatic rings. The van der Waals surface area contributed by atoms with Gasteiger partial charge in [-0.1, -0.05) is 51.5 Å². The van der Waals surface area contributed by atoms with Gasteiger partial charge in [0.25, 0.3) is 0 Å². The van der Waals surface area contributed by atoms with Crippen LogP contribution in [-0.2, 0) is 10.2 Å². The number of carbonyl (C=O) groups is 1. The number of aliphatic hydroxyl groups excluding tert-OH is 1. The molecule has 2 rings (SSSR count). The van der Waals surface area contributed by atoms with Crippen LogP contribution < -0.4 is 11.1 Å². The Kier molecular flexibility index (Phi) is 7.71. The summed E-state index contributed by atoms with van der Waals surface area (Å²) in [6.45, 7) is 6.72. The van der Waals surface area contributed by atoms with Gasteiger partial charge in [0.1, 0.15) is 0 Å². The van der Waals surface area contributed by atoms with E-state index < -0.39 is 6.10 Å². The summed E-state index contributed by atoms with van der Waals surface area (Å²) in [5.74, 6) is 0.274. The Bertz CT molecular complexity index is 525. The molecule has 136 valence electrons. The molecule has 0 spiro atoms. The van der Waals surface area contributed by atoms with Crippen molar-refractivity contribution in [3.8, 4) is 0 Å². The van der Waals surface area contributed by atoms with E-state index in [2.05, 4.69) is 26.1 Å². The van der Waals surface area contributed by atoms with Gasteiger partial charge in [-0.15, -0.1) is 12.4 Å². The number of amides is 1. The standard InChI is InChI=1S/C19H30N2O2.ClH/c1-19(2,3)15-9-7-13(8-10-15)17(22)12-21-18(23)11-14-5-4-6-16(14)20;/h7-10,14,16-17,22H,4-6,11-12,20H2,1-3H3,(H,21,23);1H/t14-,16+,17?;/m0./s1. The number of halogens is 1. The van der Waals surface area contributed by atoms with Crippen LogP contribution in [0.2, 0.25) is 0 Å². The number of rotatable bonds is 5. The highest BCUT2D eigenvalue weighted by atomic mass is 35.5. The molecular formula is C19H31ClN2O2. The summed E-state index contributed by atoms with van der Waals surface area (Å²) in [7, 11) is 0. The Labute approximate surface area is 151 Å². The van der Waals surface area contributed by atoms with Crippen LogP contribution in [0.5, 0.6) is 0 Å². The summed E-state index contributed by atoms with van der Waals surface area (Å²) < 4.78 is 0. The van der Waals surface area contributed by atoms with Gasteiger partial charge in [0.05, 0.1) is 6.10 Å². The minimum Gasteiger partial charge on any atom is -0.387 e. The van der Waals surface area contributed by atoms with E-state index in [-0.39, 0.29) is 36.3 Å². The van der Waals surface area contributed by atoms with Crippen LogP contribution in [0, 0.1) is 5.92 Å². The summed E-state index contributed by atoms with van der Waals surface area (Å²) in [5.41, 5.74) is 8.15. The van der Waals surface area contributed by atoms with E-state index in [9.17, 15) is 9.90 Å². The summed E-state index contributed by atoms with van der Waals surface area (Å²) >= 11 is 0. The smallest absolute Gasteiger partial charge is 0.220 e. The second-order valence-corrected chi connectivity index (χ2v) is 7.75. The Morgan fingerprint density at radius 3 is 2.42 bits per heavy atom. The van der Waals surface area contributed by atoms with Crippen molar-refractivity contribution in [3.05, 3.63) is 35.4 Å². The fourth-order valence-electron chi connectivity index (χ4n) is 3.16. The Hall–Kier alpha value is -1.10. The molecule has 0 bridgehead atoms. The van der Waals surface area contributed by atoms with E-state index >= 15 is 0 Å². The van der Waals surface area contributed by atoms with Gasteiger partial charge in [-0.05, 0) is 35.3 Å². The van der Waals surface area contributed by atoms with Crippen molar-refractivity contribution in [1.82, 2.24) is 5.32 Å². The third-order valence-corrected chi connectivity index (χ3v) is 4.82. The molecule has 1 aliphatic carbocycles. The molecule has 1 saturated carbocycles. The molecule has 24 heavy (non-hydrogen) atoms. The first-order valence-electron chi connectivity index (χ1n) is 8.58. The SMILES string of the molecule is CC(C)(C)c1ccc(C(O)CNC(=O)C[C@@H]2CCC[C@H]2N)cc1.Cl. The van der Waals surface area contributed by atoms with Gasteiger partial charge in [0, 0.05) is 19.0 Å². The zero-order chi connectivity index (χ0) is 17.0. The molecule has 4 nitrogen and oxygen atoms in total. The lowest BCUT2D eigenvalue weighted by Crippen LogP contribution is -2.33. The summed E-state index contributed by atoms with van der Waals surface area (Å²) in [6, 6.07) is 8.10. The van der Waals surface area contributed by atoms with Gasteiger partial charge < -0.3 is 16.2 Å². The quantitative estimate of drug-likeness (QED) is 0.760. The highest BCUT2D eigenvalue weighted by Gasteiger charge is 2.26. The molecule has 4 N–H and O–H groups in total. The van der Waals surface area contributed by atoms with Crippen LogP contribution in [0.1, 0.15) is 63.7 Å². The molecule has 0 heterocycles. The number of carbonyl (C=O) groups excluding carboxylic acids is 1. The van der Waals surface area contributed by atoms with E-state index in [0.717, 1.165) is 24.8 Å². The third-order valence-electron chi connectivity index (χ3n) is 4.82. The maximum absolute atomic E-state index is 12.0. The maximum atomic E-state index is 12.0. The molecule has 3 atom stereocenters. The van der Waals surface area contributed by atoms with Crippen LogP contribution in [0.3, 0.4) is 0 Å². The predicted molar refractivity (Wildman–Crippen MR) is 100 cm³/mol. The summed E-state index contributed by atoms with van der Waals surface area (Å²) in [4.78, 5) is 12.0. The van der Waals surface area contributed by atoms with Gasteiger partial charge in [0.15, 0.2) is 0 Å². The van der Waals surface area contributed by atoms with E-state index in [1.54, 1.807) is 0 Å². The molecule has 0 aromatic heterocycles. The van der Waals surface area contributed by atoms with Gasteiger partial charge in [0.2, 0.25) is 5.91 Å². The van der Waals surface area contributed by atoms with Crippen LogP contribution in [0.15, 0.2) is 24.3 Å². The average molecular weight is 355 g/mol. The molecule has 1 aliphatic rings. The average Bonchev–Trinajstić information content (AvgIpc) is 2.89. The molecule has 5 heteroatoms. The molecule has 0 radical (unpaired) electrons. The van der Waals surface area contributed by atoms with Crippen LogP contribution in [-0.4, -0.2) is 23.6 Å². The van der Waals surface area contributed by atoms with E-state index in [1.165, 1.54) is 5.56 Å². The van der Waals surface area contributed by atoms with E-state index in [0.29, 0.717) is 12.3 Å². The van der Waals surface area contributed by atoms with Crippen LogP contribution >= 0.6 is 12.4 Å². The lowest BCUT2D eigenvalue weighted by molar-refractivity contribution is -0.122. The number of nitrogens with two attached hydrogens (primary N) is 1. The molecular weight excluding hydrogens is 324 g/mol. The number of hydrogen-bond donors (Lipinski definition) is 3. The molecule has 1 fully saturated rings. The van der Waals surface area contributed by atoms with Gasteiger partial charge >= 0.3 is 0 Å². The lowest BCUT2D eigenvalue weighted by Gasteiger charge is -2.20. The molecule has 1 amide bonds. The highest BCUT2D eigenvalue weighted by molar-refractivity contribution is 5.85. The first-order valence-corrected chi connectivity index (χ1v) is 8.58. The molecule has 0 saturated heterocycles. The van der Waals surface area contributed by atoms with Crippen molar-refractivity contribution in [2.24, 2.45) is 11.7 Å². The topological polar surface area (TPSA) is 75.3 Å². The van der Waals surface area contributed by atoms with Crippen molar-refractivity contribution in [1.29, 1.82) is 0 Å². The number of benzene rings is 1. The zero-order valence-electron chi connectivity index (χ0n) is 14.9. The maximum Gasteiger partial charge on any atom is 0.220 e. The second kappa shape index (κ2) is 8.84. The largest absolute Gasteiger partial charge is 0.387 e. The van der Waals surface area contributed by atoms with Gasteiger partial charge in [-0.3, -0.25) is 4.79 Å². The summed E-state index contributed by atoms with van der Waals surface area (Å²) in [5, 5.41) is 13.1. The fraction of sp³-hybridized carbons (Fsp3) is 0.632. The van der Waals surface area contributed by atoms with Crippen molar-refractivity contribution in [2.45, 2.75) is 64.0 Å². The van der Waals surface area contributed by atoms with Crippen LogP contribution in [0.25, 0.3) is 0 Å². The van der Waals surface area contributed by atoms with Gasteiger partial charge in [-0.25, -0.2) is 0 Å².